The van der Waals surface area contributed by atoms with Gasteiger partial charge in [0, 0.05) is 29.9 Å². The number of rotatable bonds is 6. The molecule has 0 unspecified atom stereocenters. The molecule has 3 heteroatoms. The van der Waals surface area contributed by atoms with E-state index in [1.165, 1.54) is 16.7 Å². The number of pyridine rings is 1. The number of oxime groups is 1. The summed E-state index contributed by atoms with van der Waals surface area (Å²) in [6.07, 6.45) is 8.98. The van der Waals surface area contributed by atoms with Gasteiger partial charge in [-0.1, -0.05) is 65.8 Å². The van der Waals surface area contributed by atoms with Crippen LogP contribution in [0.1, 0.15) is 35.1 Å². The highest BCUT2D eigenvalue weighted by Gasteiger charge is 2.12. The first-order valence-electron chi connectivity index (χ1n) is 9.35. The van der Waals surface area contributed by atoms with Gasteiger partial charge in [-0.2, -0.15) is 0 Å². The van der Waals surface area contributed by atoms with Crippen molar-refractivity contribution < 1.29 is 4.84 Å². The highest BCUT2D eigenvalue weighted by Crippen LogP contribution is 2.28. The minimum Gasteiger partial charge on any atom is -0.395 e. The molecule has 27 heavy (non-hydrogen) atoms. The molecular formula is C24H22N2O. The standard InChI is InChI=1S/C24H22N2O/c1-2-9-21(10-3-1)24(22-13-7-16-25-18-22)26-27-17-15-20-12-6-11-19-8-4-5-14-23(19)20/h1-5,7-10,12-14,16,18H,6,11,15,17H2/b26-24-. The van der Waals surface area contributed by atoms with Crippen molar-refractivity contribution in [3.8, 4) is 0 Å². The maximum absolute atomic E-state index is 5.74. The summed E-state index contributed by atoms with van der Waals surface area (Å²) >= 11 is 0. The molecule has 0 saturated heterocycles. The van der Waals surface area contributed by atoms with Crippen LogP contribution in [0.5, 0.6) is 0 Å². The van der Waals surface area contributed by atoms with Crippen molar-refractivity contribution in [3.63, 3.8) is 0 Å². The van der Waals surface area contributed by atoms with E-state index in [0.29, 0.717) is 6.61 Å². The lowest BCUT2D eigenvalue weighted by Gasteiger charge is -2.17. The van der Waals surface area contributed by atoms with Gasteiger partial charge >= 0.3 is 0 Å². The molecular weight excluding hydrogens is 332 g/mol. The van der Waals surface area contributed by atoms with Gasteiger partial charge in [0.25, 0.3) is 0 Å². The quantitative estimate of drug-likeness (QED) is 0.343. The van der Waals surface area contributed by atoms with Gasteiger partial charge in [-0.25, -0.2) is 0 Å². The predicted molar refractivity (Wildman–Crippen MR) is 110 cm³/mol. The van der Waals surface area contributed by atoms with Crippen molar-refractivity contribution in [2.45, 2.75) is 19.3 Å². The molecule has 1 aliphatic carbocycles. The number of hydrogen-bond acceptors (Lipinski definition) is 3. The average Bonchev–Trinajstić information content (AvgIpc) is 2.75. The monoisotopic (exact) mass is 354 g/mol. The molecule has 0 amide bonds. The van der Waals surface area contributed by atoms with Gasteiger partial charge in [-0.05, 0) is 41.7 Å². The molecule has 0 bridgehead atoms. The van der Waals surface area contributed by atoms with Crippen LogP contribution in [0, 0.1) is 0 Å². The largest absolute Gasteiger partial charge is 0.395 e. The van der Waals surface area contributed by atoms with Crippen LogP contribution < -0.4 is 0 Å². The van der Waals surface area contributed by atoms with E-state index in [-0.39, 0.29) is 0 Å². The van der Waals surface area contributed by atoms with Crippen LogP contribution in [0.3, 0.4) is 0 Å². The molecule has 134 valence electrons. The fraction of sp³-hybridized carbons (Fsp3) is 0.167. The molecule has 3 aromatic rings. The van der Waals surface area contributed by atoms with Crippen LogP contribution in [-0.4, -0.2) is 17.3 Å². The number of hydrogen-bond donors (Lipinski definition) is 0. The minimum absolute atomic E-state index is 0.552. The molecule has 0 N–H and O–H groups in total. The summed E-state index contributed by atoms with van der Waals surface area (Å²) in [5, 5.41) is 4.45. The van der Waals surface area contributed by atoms with Gasteiger partial charge in [-0.15, -0.1) is 0 Å². The van der Waals surface area contributed by atoms with Crippen LogP contribution in [0.2, 0.25) is 0 Å². The summed E-state index contributed by atoms with van der Waals surface area (Å²) in [5.41, 5.74) is 6.92. The van der Waals surface area contributed by atoms with Crippen LogP contribution in [0.25, 0.3) is 5.57 Å². The van der Waals surface area contributed by atoms with E-state index in [1.807, 2.05) is 48.7 Å². The molecule has 4 rings (SSSR count). The lowest BCUT2D eigenvalue weighted by atomic mass is 9.89. The Morgan fingerprint density at radius 2 is 1.74 bits per heavy atom. The summed E-state index contributed by atoms with van der Waals surface area (Å²) in [5.74, 6) is 0. The summed E-state index contributed by atoms with van der Waals surface area (Å²) in [6.45, 7) is 0.552. The molecule has 0 fully saturated rings. The zero-order chi connectivity index (χ0) is 18.3. The zero-order valence-corrected chi connectivity index (χ0v) is 15.2. The van der Waals surface area contributed by atoms with Gasteiger partial charge < -0.3 is 4.84 Å². The Morgan fingerprint density at radius 3 is 2.59 bits per heavy atom. The van der Waals surface area contributed by atoms with Crippen LogP contribution in [0.15, 0.2) is 90.4 Å². The molecule has 0 saturated carbocycles. The van der Waals surface area contributed by atoms with Crippen molar-refractivity contribution in [2.24, 2.45) is 5.16 Å². The summed E-state index contributed by atoms with van der Waals surface area (Å²) in [6, 6.07) is 22.6. The lowest BCUT2D eigenvalue weighted by Crippen LogP contribution is -2.06. The third-order valence-electron chi connectivity index (χ3n) is 4.77. The lowest BCUT2D eigenvalue weighted by molar-refractivity contribution is 0.151. The number of benzene rings is 2. The molecule has 1 aromatic heterocycles. The normalized spacial score (nSPS) is 13.6. The van der Waals surface area contributed by atoms with E-state index in [4.69, 9.17) is 4.84 Å². The van der Waals surface area contributed by atoms with Crippen molar-refractivity contribution in [1.82, 2.24) is 4.98 Å². The van der Waals surface area contributed by atoms with Crippen molar-refractivity contribution in [2.75, 3.05) is 6.61 Å². The topological polar surface area (TPSA) is 34.5 Å². The number of aryl methyl sites for hydroxylation is 1. The maximum atomic E-state index is 5.74. The number of nitrogens with zero attached hydrogens (tertiary/aromatic N) is 2. The van der Waals surface area contributed by atoms with Crippen molar-refractivity contribution in [1.29, 1.82) is 0 Å². The first kappa shape index (κ1) is 17.2. The first-order chi connectivity index (χ1) is 13.4. The SMILES string of the molecule is C1=C(CCO/N=C(/c2ccccc2)c2cccnc2)c2ccccc2CC1. The summed E-state index contributed by atoms with van der Waals surface area (Å²) < 4.78 is 0. The number of allylic oxidation sites excluding steroid dienone is 1. The van der Waals surface area contributed by atoms with Gasteiger partial charge in [0.1, 0.15) is 12.3 Å². The Labute approximate surface area is 160 Å². The highest BCUT2D eigenvalue weighted by molar-refractivity contribution is 6.12. The van der Waals surface area contributed by atoms with E-state index in [2.05, 4.69) is 40.5 Å². The van der Waals surface area contributed by atoms with Crippen LogP contribution in [0.4, 0.5) is 0 Å². The molecule has 0 atom stereocenters. The van der Waals surface area contributed by atoms with Crippen molar-refractivity contribution in [3.05, 3.63) is 107 Å². The Morgan fingerprint density at radius 1 is 0.926 bits per heavy atom. The maximum Gasteiger partial charge on any atom is 0.121 e. The summed E-state index contributed by atoms with van der Waals surface area (Å²) in [4.78, 5) is 9.95. The van der Waals surface area contributed by atoms with Crippen LogP contribution >= 0.6 is 0 Å². The smallest absolute Gasteiger partial charge is 0.121 e. The molecule has 2 aromatic carbocycles. The fourth-order valence-corrected chi connectivity index (χ4v) is 3.44. The van der Waals surface area contributed by atoms with Gasteiger partial charge in [0.15, 0.2) is 0 Å². The third-order valence-corrected chi connectivity index (χ3v) is 4.77. The second-order valence-electron chi connectivity index (χ2n) is 6.56. The minimum atomic E-state index is 0.552. The molecule has 0 radical (unpaired) electrons. The highest BCUT2D eigenvalue weighted by atomic mass is 16.6. The molecule has 1 aliphatic rings. The Bertz CT molecular complexity index is 905. The van der Waals surface area contributed by atoms with E-state index in [9.17, 15) is 0 Å². The Balaban J connectivity index is 1.48. The van der Waals surface area contributed by atoms with E-state index >= 15 is 0 Å². The van der Waals surface area contributed by atoms with E-state index in [0.717, 1.165) is 36.1 Å². The van der Waals surface area contributed by atoms with Crippen LogP contribution in [-0.2, 0) is 11.3 Å². The van der Waals surface area contributed by atoms with E-state index < -0.39 is 0 Å². The van der Waals surface area contributed by atoms with Gasteiger partial charge in [-0.3, -0.25) is 4.98 Å². The Hall–Kier alpha value is -3.20. The molecule has 3 nitrogen and oxygen atoms in total. The second kappa shape index (κ2) is 8.45. The fourth-order valence-electron chi connectivity index (χ4n) is 3.44. The third kappa shape index (κ3) is 4.14. The Kier molecular flexibility index (Phi) is 5.39. The summed E-state index contributed by atoms with van der Waals surface area (Å²) in [7, 11) is 0. The van der Waals surface area contributed by atoms with Gasteiger partial charge in [0.2, 0.25) is 0 Å². The average molecular weight is 354 g/mol. The van der Waals surface area contributed by atoms with Gasteiger partial charge in [0.05, 0.1) is 0 Å². The number of aromatic nitrogens is 1. The predicted octanol–water partition coefficient (Wildman–Crippen LogP) is 5.27. The zero-order valence-electron chi connectivity index (χ0n) is 15.2. The molecule has 1 heterocycles. The van der Waals surface area contributed by atoms with E-state index in [1.54, 1.807) is 6.20 Å². The second-order valence-corrected chi connectivity index (χ2v) is 6.56. The van der Waals surface area contributed by atoms with Crippen molar-refractivity contribution >= 4 is 11.3 Å². The molecule has 0 spiro atoms. The first-order valence-corrected chi connectivity index (χ1v) is 9.35. The number of fused-ring (bicyclic) bond motifs is 1. The molecule has 0 aliphatic heterocycles.